The molecule has 4 rings (SSSR count). The van der Waals surface area contributed by atoms with E-state index in [9.17, 15) is 9.59 Å². The van der Waals surface area contributed by atoms with Gasteiger partial charge in [0.1, 0.15) is 11.9 Å². The van der Waals surface area contributed by atoms with Gasteiger partial charge in [-0.15, -0.1) is 11.6 Å². The topological polar surface area (TPSA) is 67.2 Å². The van der Waals surface area contributed by atoms with Crippen LogP contribution in [0.1, 0.15) is 30.1 Å². The number of pyridine rings is 1. The molecule has 0 aliphatic carbocycles. The summed E-state index contributed by atoms with van der Waals surface area (Å²) in [7, 11) is 0. The Labute approximate surface area is 203 Å². The Morgan fingerprint density at radius 2 is 1.62 bits per heavy atom. The first-order valence-corrected chi connectivity index (χ1v) is 11.5. The highest BCUT2D eigenvalue weighted by Gasteiger charge is 2.33. The third-order valence-corrected chi connectivity index (χ3v) is 5.81. The molecular weight excluding hydrogens is 448 g/mol. The number of carbonyl (C=O) groups excluding carboxylic acids is 2. The van der Waals surface area contributed by atoms with E-state index in [1.165, 1.54) is 4.90 Å². The van der Waals surface area contributed by atoms with E-state index in [2.05, 4.69) is 10.3 Å². The van der Waals surface area contributed by atoms with Gasteiger partial charge in [0.15, 0.2) is 0 Å². The molecule has 172 valence electrons. The van der Waals surface area contributed by atoms with Crippen molar-refractivity contribution >= 4 is 29.1 Å². The molecule has 0 saturated carbocycles. The van der Waals surface area contributed by atoms with Crippen LogP contribution in [-0.2, 0) is 9.59 Å². The van der Waals surface area contributed by atoms with Gasteiger partial charge in [0.05, 0.1) is 6.04 Å². The van der Waals surface area contributed by atoms with Crippen LogP contribution in [0.5, 0.6) is 0 Å². The van der Waals surface area contributed by atoms with Crippen molar-refractivity contribution < 1.29 is 9.59 Å². The van der Waals surface area contributed by atoms with Crippen LogP contribution in [0.4, 0.5) is 5.69 Å². The fraction of sp³-hybridized carbons (Fsp3) is 0.148. The number of nitrogens with one attached hydrogen (secondary N) is 1. The van der Waals surface area contributed by atoms with Gasteiger partial charge in [-0.25, -0.2) is 0 Å². The summed E-state index contributed by atoms with van der Waals surface area (Å²) >= 11 is 6.00. The molecule has 0 saturated heterocycles. The Kier molecular flexibility index (Phi) is 7.40. The van der Waals surface area contributed by atoms with Gasteiger partial charge in [0, 0.05) is 41.7 Å². The van der Waals surface area contributed by atoms with E-state index in [1.807, 2.05) is 90.6 Å². The lowest BCUT2D eigenvalue weighted by Gasteiger charge is -2.32. The largest absolute Gasteiger partial charge is 0.347 e. The van der Waals surface area contributed by atoms with E-state index in [0.717, 1.165) is 11.3 Å². The molecule has 0 aliphatic heterocycles. The van der Waals surface area contributed by atoms with Gasteiger partial charge in [0.25, 0.3) is 0 Å². The van der Waals surface area contributed by atoms with Crippen LogP contribution < -0.4 is 10.2 Å². The molecule has 2 aromatic heterocycles. The second-order valence-corrected chi connectivity index (χ2v) is 8.10. The summed E-state index contributed by atoms with van der Waals surface area (Å²) in [5.41, 5.74) is 3.06. The zero-order chi connectivity index (χ0) is 23.9. The Bertz CT molecular complexity index is 1210. The minimum absolute atomic E-state index is 0.253. The van der Waals surface area contributed by atoms with Gasteiger partial charge in [-0.05, 0) is 55.0 Å². The lowest BCUT2D eigenvalue weighted by Crippen LogP contribution is -2.45. The van der Waals surface area contributed by atoms with Crippen molar-refractivity contribution in [2.45, 2.75) is 19.0 Å². The number of alkyl halides is 1. The summed E-state index contributed by atoms with van der Waals surface area (Å²) in [6.45, 7) is 1.91. The molecule has 0 radical (unpaired) electrons. The smallest absolute Gasteiger partial charge is 0.248 e. The summed E-state index contributed by atoms with van der Waals surface area (Å²) in [5.74, 6) is -0.971. The fourth-order valence-electron chi connectivity index (χ4n) is 3.87. The lowest BCUT2D eigenvalue weighted by molar-refractivity contribution is -0.126. The molecule has 0 unspecified atom stereocenters. The van der Waals surface area contributed by atoms with Gasteiger partial charge >= 0.3 is 0 Å². The number of benzene rings is 2. The highest BCUT2D eigenvalue weighted by Crippen LogP contribution is 2.30. The van der Waals surface area contributed by atoms with Crippen LogP contribution in [0.2, 0.25) is 0 Å². The van der Waals surface area contributed by atoms with Crippen LogP contribution >= 0.6 is 11.6 Å². The highest BCUT2D eigenvalue weighted by atomic mass is 35.5. The number of hydrogen-bond acceptors (Lipinski definition) is 3. The number of amides is 2. The number of carbonyl (C=O) groups is 2. The number of aromatic nitrogens is 2. The fourth-order valence-corrected chi connectivity index (χ4v) is 4.00. The quantitative estimate of drug-likeness (QED) is 0.364. The Morgan fingerprint density at radius 1 is 0.941 bits per heavy atom. The monoisotopic (exact) mass is 472 g/mol. The van der Waals surface area contributed by atoms with Crippen LogP contribution in [0.3, 0.4) is 0 Å². The van der Waals surface area contributed by atoms with Gasteiger partial charge < -0.3 is 9.88 Å². The predicted octanol–water partition coefficient (Wildman–Crippen LogP) is 5.06. The van der Waals surface area contributed by atoms with Crippen molar-refractivity contribution in [2.24, 2.45) is 0 Å². The molecule has 0 aliphatic rings. The maximum Gasteiger partial charge on any atom is 0.248 e. The van der Waals surface area contributed by atoms with Crippen molar-refractivity contribution in [3.63, 3.8) is 0 Å². The van der Waals surface area contributed by atoms with Gasteiger partial charge in [-0.1, -0.05) is 36.4 Å². The number of halogens is 1. The van der Waals surface area contributed by atoms with E-state index in [-0.39, 0.29) is 23.7 Å². The van der Waals surface area contributed by atoms with E-state index in [4.69, 9.17) is 11.6 Å². The van der Waals surface area contributed by atoms with Crippen LogP contribution in [0, 0.1) is 0 Å². The molecule has 1 N–H and O–H groups in total. The standard InChI is InChI=1S/C27H25ClN4O2/c1-20(21-8-3-2-4-9-21)30-27(34)26(22-10-7-15-29-19-22)32(25(33)18-28)24-13-11-23(12-14-24)31-16-5-6-17-31/h2-17,19-20,26H,18H2,1H3,(H,30,34)/t20-,26-/m0/s1. The SMILES string of the molecule is C[C@H](NC(=O)[C@H](c1cccnc1)N(C(=O)CCl)c1ccc(-n2cccc2)cc1)c1ccccc1. The average Bonchev–Trinajstić information content (AvgIpc) is 3.43. The van der Waals surface area contributed by atoms with Crippen molar-refractivity contribution in [2.75, 3.05) is 10.8 Å². The predicted molar refractivity (Wildman–Crippen MR) is 134 cm³/mol. The second-order valence-electron chi connectivity index (χ2n) is 7.83. The lowest BCUT2D eigenvalue weighted by atomic mass is 10.0. The first-order chi connectivity index (χ1) is 16.6. The van der Waals surface area contributed by atoms with E-state index < -0.39 is 6.04 Å². The first kappa shape index (κ1) is 23.3. The van der Waals surface area contributed by atoms with Crippen molar-refractivity contribution in [1.29, 1.82) is 0 Å². The number of anilines is 1. The van der Waals surface area contributed by atoms with Crippen LogP contribution in [0.15, 0.2) is 104 Å². The van der Waals surface area contributed by atoms with Crippen molar-refractivity contribution in [3.05, 3.63) is 115 Å². The molecule has 6 nitrogen and oxygen atoms in total. The van der Waals surface area contributed by atoms with Gasteiger partial charge in [0.2, 0.25) is 11.8 Å². The van der Waals surface area contributed by atoms with Crippen LogP contribution in [-0.4, -0.2) is 27.2 Å². The number of nitrogens with zero attached hydrogens (tertiary/aromatic N) is 3. The molecule has 4 aromatic rings. The third-order valence-electron chi connectivity index (χ3n) is 5.58. The van der Waals surface area contributed by atoms with E-state index in [1.54, 1.807) is 24.5 Å². The maximum absolute atomic E-state index is 13.6. The molecule has 34 heavy (non-hydrogen) atoms. The molecule has 2 atom stereocenters. The van der Waals surface area contributed by atoms with Crippen molar-refractivity contribution in [1.82, 2.24) is 14.9 Å². The van der Waals surface area contributed by atoms with Crippen molar-refractivity contribution in [3.8, 4) is 5.69 Å². The zero-order valence-electron chi connectivity index (χ0n) is 18.7. The maximum atomic E-state index is 13.6. The highest BCUT2D eigenvalue weighted by molar-refractivity contribution is 6.29. The number of hydrogen-bond donors (Lipinski definition) is 1. The normalized spacial score (nSPS) is 12.5. The Morgan fingerprint density at radius 3 is 2.24 bits per heavy atom. The van der Waals surface area contributed by atoms with E-state index >= 15 is 0 Å². The molecule has 2 aromatic carbocycles. The molecule has 2 amide bonds. The molecule has 7 heteroatoms. The second kappa shape index (κ2) is 10.8. The Hall–Kier alpha value is -3.90. The Balaban J connectivity index is 1.71. The average molecular weight is 473 g/mol. The molecular formula is C27H25ClN4O2. The minimum atomic E-state index is -0.941. The molecule has 2 heterocycles. The van der Waals surface area contributed by atoms with E-state index in [0.29, 0.717) is 11.3 Å². The summed E-state index contributed by atoms with van der Waals surface area (Å²) in [6.07, 6.45) is 7.10. The molecule has 0 fully saturated rings. The zero-order valence-corrected chi connectivity index (χ0v) is 19.5. The summed E-state index contributed by atoms with van der Waals surface area (Å²) in [4.78, 5) is 32.3. The van der Waals surface area contributed by atoms with Crippen LogP contribution in [0.25, 0.3) is 5.69 Å². The van der Waals surface area contributed by atoms with Gasteiger partial charge in [-0.2, -0.15) is 0 Å². The molecule has 0 bridgehead atoms. The first-order valence-electron chi connectivity index (χ1n) is 10.9. The summed E-state index contributed by atoms with van der Waals surface area (Å²) in [6, 6.07) is 23.3. The molecule has 0 spiro atoms. The minimum Gasteiger partial charge on any atom is -0.347 e. The summed E-state index contributed by atoms with van der Waals surface area (Å²) < 4.78 is 1.96. The van der Waals surface area contributed by atoms with Gasteiger partial charge in [-0.3, -0.25) is 19.5 Å². The summed E-state index contributed by atoms with van der Waals surface area (Å²) in [5, 5.41) is 3.05. The number of rotatable bonds is 8. The third kappa shape index (κ3) is 5.18.